The quantitative estimate of drug-likeness (QED) is 0.126. The van der Waals surface area contributed by atoms with E-state index in [2.05, 4.69) is 10.6 Å². The Bertz CT molecular complexity index is 1640. The fourth-order valence-corrected chi connectivity index (χ4v) is 5.02. The lowest BCUT2D eigenvalue weighted by Crippen LogP contribution is -2.52. The lowest BCUT2D eigenvalue weighted by atomic mass is 10.00. The van der Waals surface area contributed by atoms with Crippen molar-refractivity contribution in [1.82, 2.24) is 15.5 Å². The maximum atomic E-state index is 14.7. The van der Waals surface area contributed by atoms with E-state index in [9.17, 15) is 29.0 Å². The summed E-state index contributed by atoms with van der Waals surface area (Å²) in [4.78, 5) is 38.5. The van der Waals surface area contributed by atoms with E-state index in [4.69, 9.17) is 9.47 Å². The van der Waals surface area contributed by atoms with Gasteiger partial charge in [0.05, 0.1) is 18.7 Å². The van der Waals surface area contributed by atoms with E-state index in [0.717, 1.165) is 33.6 Å². The Hall–Kier alpha value is -5.42. The molecule has 0 fully saturated rings. The van der Waals surface area contributed by atoms with Crippen LogP contribution in [0.5, 0.6) is 5.75 Å². The van der Waals surface area contributed by atoms with Crippen LogP contribution in [0.1, 0.15) is 34.7 Å². The number of halogens is 1. The molecule has 0 bridgehead atoms. The smallest absolute Gasteiger partial charge is 0.407 e. The molecule has 2 atom stereocenters. The van der Waals surface area contributed by atoms with E-state index in [-0.39, 0.29) is 38.5 Å². The Labute approximate surface area is 279 Å². The molecule has 0 saturated carbocycles. The second-order valence-corrected chi connectivity index (χ2v) is 11.3. The monoisotopic (exact) mass is 657 g/mol. The second kappa shape index (κ2) is 18.1. The Morgan fingerprint density at radius 2 is 1.46 bits per heavy atom. The summed E-state index contributed by atoms with van der Waals surface area (Å²) in [6.45, 7) is 1.38. The summed E-state index contributed by atoms with van der Waals surface area (Å²) < 4.78 is 25.7. The van der Waals surface area contributed by atoms with E-state index in [1.54, 1.807) is 36.4 Å². The molecular formula is C37H40FN3O7. The van der Waals surface area contributed by atoms with Crippen LogP contribution in [0.15, 0.2) is 103 Å². The van der Waals surface area contributed by atoms with Crippen LogP contribution in [0.2, 0.25) is 0 Å². The second-order valence-electron chi connectivity index (χ2n) is 11.3. The van der Waals surface area contributed by atoms with Gasteiger partial charge in [0.15, 0.2) is 0 Å². The predicted octanol–water partition coefficient (Wildman–Crippen LogP) is 5.46. The molecule has 2 unspecified atom stereocenters. The van der Waals surface area contributed by atoms with Gasteiger partial charge >= 0.3 is 12.2 Å². The zero-order valence-electron chi connectivity index (χ0n) is 26.7. The van der Waals surface area contributed by atoms with Gasteiger partial charge in [-0.3, -0.25) is 4.79 Å². The highest BCUT2D eigenvalue weighted by molar-refractivity contribution is 5.82. The van der Waals surface area contributed by atoms with Gasteiger partial charge in [0.25, 0.3) is 0 Å². The Kier molecular flexibility index (Phi) is 13.3. The van der Waals surface area contributed by atoms with Crippen LogP contribution in [0.4, 0.5) is 14.0 Å². The maximum Gasteiger partial charge on any atom is 0.407 e. The van der Waals surface area contributed by atoms with Gasteiger partial charge in [-0.15, -0.1) is 0 Å². The van der Waals surface area contributed by atoms with Crippen molar-refractivity contribution in [3.8, 4) is 5.75 Å². The van der Waals surface area contributed by atoms with E-state index in [0.29, 0.717) is 5.56 Å². The first-order valence-electron chi connectivity index (χ1n) is 15.6. The average molecular weight is 658 g/mol. The van der Waals surface area contributed by atoms with Crippen LogP contribution in [0.25, 0.3) is 0 Å². The molecule has 11 heteroatoms. The van der Waals surface area contributed by atoms with Crippen molar-refractivity contribution in [1.29, 1.82) is 0 Å². The minimum atomic E-state index is -1.40. The number of aliphatic hydroxyl groups is 1. The van der Waals surface area contributed by atoms with Gasteiger partial charge in [0, 0.05) is 12.6 Å². The fourth-order valence-electron chi connectivity index (χ4n) is 5.02. The number of hydrogen-bond acceptors (Lipinski definition) is 6. The number of alkyl carbamates (subject to hydrolysis) is 1. The van der Waals surface area contributed by atoms with Crippen LogP contribution < -0.4 is 15.4 Å². The van der Waals surface area contributed by atoms with Crippen molar-refractivity contribution in [2.24, 2.45) is 0 Å². The van der Waals surface area contributed by atoms with Gasteiger partial charge < -0.3 is 35.2 Å². The molecule has 10 nitrogen and oxygen atoms in total. The topological polar surface area (TPSA) is 137 Å². The van der Waals surface area contributed by atoms with Crippen LogP contribution in [0.3, 0.4) is 0 Å². The molecule has 0 aliphatic heterocycles. The average Bonchev–Trinajstić information content (AvgIpc) is 3.09. The largest absolute Gasteiger partial charge is 0.489 e. The number of nitrogens with one attached hydrogen (secondary N) is 2. The van der Waals surface area contributed by atoms with E-state index in [1.807, 2.05) is 61.5 Å². The number of benzene rings is 4. The number of rotatable bonds is 16. The van der Waals surface area contributed by atoms with Crippen molar-refractivity contribution in [3.05, 3.63) is 137 Å². The number of hydrogen-bond donors (Lipinski definition) is 4. The van der Waals surface area contributed by atoms with Crippen molar-refractivity contribution >= 4 is 18.1 Å². The first kappa shape index (κ1) is 35.4. The summed E-state index contributed by atoms with van der Waals surface area (Å²) in [7, 11) is 0. The molecule has 0 aliphatic carbocycles. The minimum absolute atomic E-state index is 0.00709. The molecule has 4 N–H and O–H groups in total. The van der Waals surface area contributed by atoms with Gasteiger partial charge in [-0.2, -0.15) is 0 Å². The van der Waals surface area contributed by atoms with E-state index < -0.39 is 42.6 Å². The Morgan fingerprint density at radius 1 is 0.812 bits per heavy atom. The van der Waals surface area contributed by atoms with Crippen molar-refractivity contribution in [3.63, 3.8) is 0 Å². The zero-order chi connectivity index (χ0) is 34.3. The number of ether oxygens (including phenoxy) is 2. The molecule has 0 radical (unpaired) electrons. The number of aryl methyl sites for hydroxylation is 1. The highest BCUT2D eigenvalue weighted by atomic mass is 19.1. The summed E-state index contributed by atoms with van der Waals surface area (Å²) in [5, 5.41) is 26.4. The predicted molar refractivity (Wildman–Crippen MR) is 178 cm³/mol. The molecule has 0 aliphatic rings. The van der Waals surface area contributed by atoms with Crippen LogP contribution in [-0.2, 0) is 42.1 Å². The third-order valence-corrected chi connectivity index (χ3v) is 7.50. The standard InChI is InChI=1S/C37H40FN3O7/c1-2-26-14-9-15-29(16-26)22-41(37(45)46)23-34(42)33(40-35(43)21-39-36(44)48-25-28-12-7-4-8-13-28)19-30-17-31(38)20-32(18-30)47-24-27-10-5-3-6-11-27/h3-18,20,33-34,42H,2,19,21-25H2,1H3,(H,39,44)(H,40,43)(H,45,46). The molecule has 48 heavy (non-hydrogen) atoms. The number of carbonyl (C=O) groups is 3. The summed E-state index contributed by atoms with van der Waals surface area (Å²) in [6.07, 6.45) is -2.77. The van der Waals surface area contributed by atoms with Gasteiger partial charge in [0.1, 0.15) is 31.3 Å². The third-order valence-electron chi connectivity index (χ3n) is 7.50. The number of amides is 3. The summed E-state index contributed by atoms with van der Waals surface area (Å²) >= 11 is 0. The summed E-state index contributed by atoms with van der Waals surface area (Å²) in [6, 6.07) is 28.9. The molecule has 0 heterocycles. The molecule has 0 saturated heterocycles. The van der Waals surface area contributed by atoms with Crippen LogP contribution >= 0.6 is 0 Å². The minimum Gasteiger partial charge on any atom is -0.489 e. The molecule has 252 valence electrons. The molecular weight excluding hydrogens is 617 g/mol. The first-order valence-corrected chi connectivity index (χ1v) is 15.6. The SMILES string of the molecule is CCc1cccc(CN(CC(O)C(Cc2cc(F)cc(OCc3ccccc3)c2)NC(=O)CNC(=O)OCc2ccccc2)C(=O)O)c1. The lowest BCUT2D eigenvalue weighted by Gasteiger charge is -2.29. The molecule has 4 aromatic carbocycles. The number of carbonyl (C=O) groups excluding carboxylic acids is 2. The maximum absolute atomic E-state index is 14.7. The van der Waals surface area contributed by atoms with Gasteiger partial charge in [-0.25, -0.2) is 14.0 Å². The van der Waals surface area contributed by atoms with Crippen molar-refractivity contribution < 1.29 is 38.5 Å². The summed E-state index contributed by atoms with van der Waals surface area (Å²) in [5.41, 5.74) is 3.83. The highest BCUT2D eigenvalue weighted by Gasteiger charge is 2.27. The van der Waals surface area contributed by atoms with Crippen LogP contribution in [0, 0.1) is 5.82 Å². The Balaban J connectivity index is 1.46. The first-order chi connectivity index (χ1) is 23.2. The van der Waals surface area contributed by atoms with Gasteiger partial charge in [0.2, 0.25) is 5.91 Å². The number of aliphatic hydroxyl groups excluding tert-OH is 1. The molecule has 0 aromatic heterocycles. The normalized spacial score (nSPS) is 12.0. The number of nitrogens with zero attached hydrogens (tertiary/aromatic N) is 1. The van der Waals surface area contributed by atoms with Crippen LogP contribution in [-0.4, -0.2) is 58.4 Å². The van der Waals surface area contributed by atoms with Crippen molar-refractivity contribution in [2.45, 2.75) is 51.7 Å². The Morgan fingerprint density at radius 3 is 2.12 bits per heavy atom. The summed E-state index contributed by atoms with van der Waals surface area (Å²) in [5.74, 6) is -0.995. The molecule has 3 amide bonds. The zero-order valence-corrected chi connectivity index (χ0v) is 26.7. The molecule has 4 aromatic rings. The highest BCUT2D eigenvalue weighted by Crippen LogP contribution is 2.20. The number of carboxylic acid groups (broad SMARTS) is 1. The van der Waals surface area contributed by atoms with E-state index >= 15 is 0 Å². The molecule has 0 spiro atoms. The van der Waals surface area contributed by atoms with E-state index in [1.165, 1.54) is 12.1 Å². The lowest BCUT2D eigenvalue weighted by molar-refractivity contribution is -0.121. The van der Waals surface area contributed by atoms with Gasteiger partial charge in [-0.1, -0.05) is 91.9 Å². The fraction of sp³-hybridized carbons (Fsp3) is 0.270. The van der Waals surface area contributed by atoms with Gasteiger partial charge in [-0.05, 0) is 52.8 Å². The van der Waals surface area contributed by atoms with Crippen molar-refractivity contribution in [2.75, 3.05) is 13.1 Å². The third kappa shape index (κ3) is 11.7. The molecule has 4 rings (SSSR count).